The van der Waals surface area contributed by atoms with Crippen molar-refractivity contribution in [1.29, 1.82) is 0 Å². The Balaban J connectivity index is 1.93. The number of fused-ring (bicyclic) bond motifs is 1. The SMILES string of the molecule is Cc1cc(C)c(C(N)C2CC3CC3C2)c(C)c1Br. The molecule has 0 radical (unpaired) electrons. The minimum atomic E-state index is 0.231. The van der Waals surface area contributed by atoms with E-state index in [1.54, 1.807) is 0 Å². The van der Waals surface area contributed by atoms with Crippen LogP contribution in [-0.4, -0.2) is 0 Å². The van der Waals surface area contributed by atoms with E-state index in [0.29, 0.717) is 5.92 Å². The van der Waals surface area contributed by atoms with Crippen molar-refractivity contribution < 1.29 is 0 Å². The number of benzene rings is 1. The molecule has 98 valence electrons. The molecule has 3 atom stereocenters. The minimum absolute atomic E-state index is 0.231. The first-order valence-corrected chi connectivity index (χ1v) is 7.80. The van der Waals surface area contributed by atoms with Crippen LogP contribution in [0.25, 0.3) is 0 Å². The molecule has 1 aromatic rings. The lowest BCUT2D eigenvalue weighted by Gasteiger charge is -2.26. The van der Waals surface area contributed by atoms with Gasteiger partial charge in [-0.2, -0.15) is 0 Å². The van der Waals surface area contributed by atoms with Gasteiger partial charge in [0.05, 0.1) is 0 Å². The van der Waals surface area contributed by atoms with Gasteiger partial charge in [0.15, 0.2) is 0 Å². The number of hydrogen-bond acceptors (Lipinski definition) is 1. The van der Waals surface area contributed by atoms with Gasteiger partial charge in [0.25, 0.3) is 0 Å². The zero-order valence-corrected chi connectivity index (χ0v) is 13.0. The predicted molar refractivity (Wildman–Crippen MR) is 79.6 cm³/mol. The molecular formula is C16H22BrN. The Bertz CT molecular complexity index is 484. The van der Waals surface area contributed by atoms with Crippen LogP contribution in [0, 0.1) is 38.5 Å². The summed E-state index contributed by atoms with van der Waals surface area (Å²) < 4.78 is 1.24. The fraction of sp³-hybridized carbons (Fsp3) is 0.625. The number of hydrogen-bond donors (Lipinski definition) is 1. The zero-order valence-electron chi connectivity index (χ0n) is 11.5. The van der Waals surface area contributed by atoms with E-state index in [2.05, 4.69) is 42.8 Å². The molecule has 18 heavy (non-hydrogen) atoms. The maximum absolute atomic E-state index is 6.58. The van der Waals surface area contributed by atoms with Crippen LogP contribution < -0.4 is 5.73 Å². The third kappa shape index (κ3) is 1.94. The Hall–Kier alpha value is -0.340. The largest absolute Gasteiger partial charge is 0.324 e. The first-order valence-electron chi connectivity index (χ1n) is 7.00. The van der Waals surface area contributed by atoms with Crippen LogP contribution in [-0.2, 0) is 0 Å². The summed E-state index contributed by atoms with van der Waals surface area (Å²) in [5, 5.41) is 0. The molecule has 1 aromatic carbocycles. The molecular weight excluding hydrogens is 286 g/mol. The van der Waals surface area contributed by atoms with Gasteiger partial charge >= 0.3 is 0 Å². The summed E-state index contributed by atoms with van der Waals surface area (Å²) in [5.74, 6) is 2.73. The lowest BCUT2D eigenvalue weighted by atomic mass is 9.85. The summed E-state index contributed by atoms with van der Waals surface area (Å²) in [6.07, 6.45) is 4.19. The van der Waals surface area contributed by atoms with Crippen molar-refractivity contribution in [2.24, 2.45) is 23.5 Å². The van der Waals surface area contributed by atoms with Crippen molar-refractivity contribution >= 4 is 15.9 Å². The topological polar surface area (TPSA) is 26.0 Å². The molecule has 0 bridgehead atoms. The summed E-state index contributed by atoms with van der Waals surface area (Å²) in [7, 11) is 0. The molecule has 2 aliphatic rings. The van der Waals surface area contributed by atoms with Gasteiger partial charge in [-0.1, -0.05) is 22.0 Å². The highest BCUT2D eigenvalue weighted by Crippen LogP contribution is 2.57. The van der Waals surface area contributed by atoms with Crippen LogP contribution in [0.3, 0.4) is 0 Å². The summed E-state index contributed by atoms with van der Waals surface area (Å²) in [6.45, 7) is 6.57. The van der Waals surface area contributed by atoms with Crippen LogP contribution in [0.2, 0.25) is 0 Å². The van der Waals surface area contributed by atoms with Crippen molar-refractivity contribution in [1.82, 2.24) is 0 Å². The Morgan fingerprint density at radius 3 is 2.33 bits per heavy atom. The van der Waals surface area contributed by atoms with Gasteiger partial charge in [-0.25, -0.2) is 0 Å². The Labute approximate surface area is 118 Å². The Morgan fingerprint density at radius 2 is 1.72 bits per heavy atom. The van der Waals surface area contributed by atoms with E-state index >= 15 is 0 Å². The molecule has 0 aromatic heterocycles. The van der Waals surface area contributed by atoms with Gasteiger partial charge in [-0.3, -0.25) is 0 Å². The van der Waals surface area contributed by atoms with Crippen molar-refractivity contribution in [2.45, 2.75) is 46.1 Å². The monoisotopic (exact) mass is 307 g/mol. The average Bonchev–Trinajstić information content (AvgIpc) is 2.93. The Kier molecular flexibility index (Phi) is 3.06. The van der Waals surface area contributed by atoms with Crippen molar-refractivity contribution in [3.05, 3.63) is 32.8 Å². The highest BCUT2D eigenvalue weighted by Gasteiger charge is 2.47. The normalized spacial score (nSPS) is 31.3. The molecule has 2 fully saturated rings. The second-order valence-electron chi connectivity index (χ2n) is 6.38. The van der Waals surface area contributed by atoms with E-state index in [1.807, 2.05) is 0 Å². The number of halogens is 1. The van der Waals surface area contributed by atoms with E-state index in [0.717, 1.165) is 11.8 Å². The molecule has 3 rings (SSSR count). The second kappa shape index (κ2) is 4.35. The molecule has 2 saturated carbocycles. The smallest absolute Gasteiger partial charge is 0.0329 e. The van der Waals surface area contributed by atoms with Crippen LogP contribution in [0.15, 0.2) is 10.5 Å². The van der Waals surface area contributed by atoms with E-state index in [4.69, 9.17) is 5.73 Å². The molecule has 2 N–H and O–H groups in total. The summed E-state index contributed by atoms with van der Waals surface area (Å²) >= 11 is 3.71. The summed E-state index contributed by atoms with van der Waals surface area (Å²) in [5.41, 5.74) is 12.0. The van der Waals surface area contributed by atoms with E-state index in [9.17, 15) is 0 Å². The molecule has 0 aliphatic heterocycles. The lowest BCUT2D eigenvalue weighted by Crippen LogP contribution is -2.22. The highest BCUT2D eigenvalue weighted by atomic mass is 79.9. The highest BCUT2D eigenvalue weighted by molar-refractivity contribution is 9.10. The van der Waals surface area contributed by atoms with Crippen molar-refractivity contribution in [2.75, 3.05) is 0 Å². The Morgan fingerprint density at radius 1 is 1.11 bits per heavy atom. The fourth-order valence-electron chi connectivity index (χ4n) is 3.98. The van der Waals surface area contributed by atoms with Gasteiger partial charge in [0, 0.05) is 10.5 Å². The standard InChI is InChI=1S/C16H22BrN/c1-8-4-9(2)15(17)10(3)14(8)16(18)13-6-11-5-12(11)7-13/h4,11-13,16H,5-7,18H2,1-3H3. The van der Waals surface area contributed by atoms with Gasteiger partial charge in [0.1, 0.15) is 0 Å². The maximum atomic E-state index is 6.58. The lowest BCUT2D eigenvalue weighted by molar-refractivity contribution is 0.401. The molecule has 0 amide bonds. The predicted octanol–water partition coefficient (Wildman–Crippen LogP) is 4.42. The number of rotatable bonds is 2. The van der Waals surface area contributed by atoms with E-state index < -0.39 is 0 Å². The van der Waals surface area contributed by atoms with Crippen molar-refractivity contribution in [3.63, 3.8) is 0 Å². The van der Waals surface area contributed by atoms with Gasteiger partial charge in [0.2, 0.25) is 0 Å². The zero-order chi connectivity index (χ0) is 13.0. The minimum Gasteiger partial charge on any atom is -0.324 e. The van der Waals surface area contributed by atoms with E-state index in [1.165, 1.54) is 46.0 Å². The van der Waals surface area contributed by atoms with Crippen LogP contribution in [0.5, 0.6) is 0 Å². The van der Waals surface area contributed by atoms with Gasteiger partial charge < -0.3 is 5.73 Å². The quantitative estimate of drug-likeness (QED) is 0.860. The average molecular weight is 308 g/mol. The first-order chi connectivity index (χ1) is 8.49. The molecule has 0 heterocycles. The molecule has 3 unspecified atom stereocenters. The molecule has 1 nitrogen and oxygen atoms in total. The number of nitrogens with two attached hydrogens (primary N) is 1. The fourth-order valence-corrected chi connectivity index (χ4v) is 4.31. The molecule has 0 spiro atoms. The molecule has 2 heteroatoms. The first kappa shape index (κ1) is 12.7. The van der Waals surface area contributed by atoms with Crippen molar-refractivity contribution in [3.8, 4) is 0 Å². The molecule has 2 aliphatic carbocycles. The third-order valence-electron chi connectivity index (χ3n) is 5.06. The summed E-state index contributed by atoms with van der Waals surface area (Å²) in [6, 6.07) is 2.50. The van der Waals surface area contributed by atoms with E-state index in [-0.39, 0.29) is 6.04 Å². The summed E-state index contributed by atoms with van der Waals surface area (Å²) in [4.78, 5) is 0. The van der Waals surface area contributed by atoms with Crippen LogP contribution >= 0.6 is 15.9 Å². The number of aryl methyl sites for hydroxylation is 2. The third-order valence-corrected chi connectivity index (χ3v) is 6.28. The van der Waals surface area contributed by atoms with Crippen LogP contribution in [0.4, 0.5) is 0 Å². The molecule has 0 saturated heterocycles. The second-order valence-corrected chi connectivity index (χ2v) is 7.17. The maximum Gasteiger partial charge on any atom is 0.0329 e. The van der Waals surface area contributed by atoms with Gasteiger partial charge in [-0.05, 0) is 80.0 Å². The van der Waals surface area contributed by atoms with Gasteiger partial charge in [-0.15, -0.1) is 0 Å². The van der Waals surface area contributed by atoms with Crippen LogP contribution in [0.1, 0.15) is 47.6 Å².